The summed E-state index contributed by atoms with van der Waals surface area (Å²) in [5.74, 6) is 0.471. The van der Waals surface area contributed by atoms with E-state index in [1.54, 1.807) is 16.8 Å². The van der Waals surface area contributed by atoms with E-state index in [0.717, 1.165) is 16.6 Å². The van der Waals surface area contributed by atoms with E-state index in [0.29, 0.717) is 28.3 Å². The number of pyridine rings is 1. The van der Waals surface area contributed by atoms with E-state index in [2.05, 4.69) is 59.2 Å². The van der Waals surface area contributed by atoms with E-state index in [9.17, 15) is 4.79 Å². The molecule has 1 N–H and O–H groups in total. The minimum Gasteiger partial charge on any atom is -0.324 e. The van der Waals surface area contributed by atoms with Crippen LogP contribution in [0.3, 0.4) is 0 Å². The molecule has 8 heteroatoms. The first-order valence-electron chi connectivity index (χ1n) is 14.0. The lowest BCUT2D eigenvalue weighted by Gasteiger charge is -2.47. The van der Waals surface area contributed by atoms with E-state index in [1.165, 1.54) is 56.5 Å². The highest BCUT2D eigenvalue weighted by atomic mass is 35.5. The molecule has 1 aliphatic heterocycles. The van der Waals surface area contributed by atoms with Crippen LogP contribution >= 0.6 is 23.4 Å². The first kappa shape index (κ1) is 27.5. The number of aromatic nitrogens is 3. The van der Waals surface area contributed by atoms with Gasteiger partial charge in [-0.05, 0) is 121 Å². The van der Waals surface area contributed by atoms with Crippen molar-refractivity contribution in [2.75, 3.05) is 18.4 Å². The zero-order valence-electron chi connectivity index (χ0n) is 23.3. The van der Waals surface area contributed by atoms with Crippen molar-refractivity contribution in [2.45, 2.75) is 95.4 Å². The van der Waals surface area contributed by atoms with Crippen LogP contribution in [0.15, 0.2) is 40.2 Å². The van der Waals surface area contributed by atoms with Crippen LogP contribution < -0.4 is 10.9 Å². The molecule has 1 aromatic carbocycles. The Balaban J connectivity index is 1.23. The molecule has 0 bridgehead atoms. The molecule has 1 saturated carbocycles. The van der Waals surface area contributed by atoms with Crippen molar-refractivity contribution in [3.8, 4) is 0 Å². The molecular formula is C30H40ClN5OS. The van der Waals surface area contributed by atoms with E-state index in [1.807, 2.05) is 25.6 Å². The molecule has 0 atom stereocenters. The average molecular weight is 554 g/mol. The molecule has 38 heavy (non-hydrogen) atoms. The fraction of sp³-hybridized carbons (Fsp3) is 0.567. The van der Waals surface area contributed by atoms with Gasteiger partial charge >= 0.3 is 0 Å². The zero-order valence-corrected chi connectivity index (χ0v) is 24.8. The van der Waals surface area contributed by atoms with Crippen molar-refractivity contribution in [1.82, 2.24) is 19.4 Å². The highest BCUT2D eigenvalue weighted by Crippen LogP contribution is 2.48. The number of nitrogens with zero attached hydrogens (tertiary/aromatic N) is 4. The lowest BCUT2D eigenvalue weighted by Crippen LogP contribution is -2.44. The third-order valence-corrected chi connectivity index (χ3v) is 10.2. The Morgan fingerprint density at radius 2 is 1.76 bits per heavy atom. The summed E-state index contributed by atoms with van der Waals surface area (Å²) in [6.45, 7) is 13.2. The second kappa shape index (κ2) is 11.2. The molecule has 0 radical (unpaired) electrons. The molecule has 2 fully saturated rings. The molecule has 6 nitrogen and oxygen atoms in total. The van der Waals surface area contributed by atoms with Gasteiger partial charge in [0.1, 0.15) is 10.7 Å². The van der Waals surface area contributed by atoms with Gasteiger partial charge in [0.2, 0.25) is 5.95 Å². The van der Waals surface area contributed by atoms with Gasteiger partial charge in [-0.1, -0.05) is 11.6 Å². The van der Waals surface area contributed by atoms with E-state index >= 15 is 0 Å². The minimum absolute atomic E-state index is 0.0630. The molecule has 0 amide bonds. The van der Waals surface area contributed by atoms with Crippen LogP contribution in [0, 0.1) is 12.3 Å². The number of nitrogens with one attached hydrogen (secondary N) is 1. The van der Waals surface area contributed by atoms with Gasteiger partial charge in [-0.3, -0.25) is 9.36 Å². The number of thioether (sulfide) groups is 1. The largest absolute Gasteiger partial charge is 0.324 e. The second-order valence-electron chi connectivity index (χ2n) is 11.8. The molecule has 1 aliphatic carbocycles. The van der Waals surface area contributed by atoms with E-state index in [4.69, 9.17) is 11.6 Å². The van der Waals surface area contributed by atoms with Gasteiger partial charge in [0.05, 0.1) is 0 Å². The maximum absolute atomic E-state index is 12.6. The third-order valence-electron chi connectivity index (χ3n) is 8.58. The normalized spacial score (nSPS) is 18.6. The fourth-order valence-electron chi connectivity index (χ4n) is 6.12. The Labute approximate surface area is 235 Å². The molecule has 1 saturated heterocycles. The van der Waals surface area contributed by atoms with Crippen LogP contribution in [0.5, 0.6) is 0 Å². The number of hydrogen-bond acceptors (Lipinski definition) is 6. The van der Waals surface area contributed by atoms with Gasteiger partial charge in [0.25, 0.3) is 5.56 Å². The molecule has 3 aromatic rings. The van der Waals surface area contributed by atoms with Crippen LogP contribution in [0.25, 0.3) is 11.0 Å². The molecule has 3 heterocycles. The number of likely N-dealkylation sites (tertiary alicyclic amines) is 1. The van der Waals surface area contributed by atoms with Crippen molar-refractivity contribution >= 4 is 46.0 Å². The highest BCUT2D eigenvalue weighted by molar-refractivity contribution is 8.00. The number of benzene rings is 1. The fourth-order valence-corrected chi connectivity index (χ4v) is 7.58. The van der Waals surface area contributed by atoms with Crippen molar-refractivity contribution in [1.29, 1.82) is 0 Å². The Hall–Kier alpha value is -2.09. The van der Waals surface area contributed by atoms with Crippen molar-refractivity contribution in [3.63, 3.8) is 0 Å². The first-order chi connectivity index (χ1) is 18.1. The number of rotatable bonds is 6. The summed E-state index contributed by atoms with van der Waals surface area (Å²) in [6, 6.07) is 8.84. The number of halogens is 1. The molecule has 5 rings (SSSR count). The summed E-state index contributed by atoms with van der Waals surface area (Å²) >= 11 is 8.19. The number of aryl methyl sites for hydroxylation is 1. The summed E-state index contributed by atoms with van der Waals surface area (Å²) in [6.07, 6.45) is 9.85. The standard InChI is InChI=1S/C30H40ClN5OS/c1-19(2)35-14-12-30(13-15-35)10-8-23(9-11-30)38-24-6-7-26(21(5)16-24)33-29-32-18-22-17-25(31)28(37)36(20(3)4)27(22)34-29/h6-7,16-20,23H,8-15H2,1-5H3,(H,32,33,34). The minimum atomic E-state index is -0.231. The summed E-state index contributed by atoms with van der Waals surface area (Å²) in [7, 11) is 0. The molecule has 0 unspecified atom stereocenters. The van der Waals surface area contributed by atoms with Crippen LogP contribution in [-0.2, 0) is 0 Å². The molecular weight excluding hydrogens is 514 g/mol. The molecule has 2 aliphatic rings. The Morgan fingerprint density at radius 1 is 1.05 bits per heavy atom. The lowest BCUT2D eigenvalue weighted by molar-refractivity contribution is 0.0542. The quantitative estimate of drug-likeness (QED) is 0.339. The van der Waals surface area contributed by atoms with E-state index < -0.39 is 0 Å². The summed E-state index contributed by atoms with van der Waals surface area (Å²) < 4.78 is 1.62. The van der Waals surface area contributed by atoms with Gasteiger partial charge in [0.15, 0.2) is 0 Å². The maximum Gasteiger partial charge on any atom is 0.271 e. The van der Waals surface area contributed by atoms with Crippen molar-refractivity contribution in [2.24, 2.45) is 5.41 Å². The third kappa shape index (κ3) is 5.75. The van der Waals surface area contributed by atoms with Gasteiger partial charge in [-0.2, -0.15) is 4.98 Å². The van der Waals surface area contributed by atoms with Crippen LogP contribution in [0.2, 0.25) is 5.02 Å². The van der Waals surface area contributed by atoms with Gasteiger partial charge in [0, 0.05) is 39.5 Å². The molecule has 2 aromatic heterocycles. The van der Waals surface area contributed by atoms with Crippen molar-refractivity contribution in [3.05, 3.63) is 51.4 Å². The maximum atomic E-state index is 12.6. The number of piperidine rings is 1. The summed E-state index contributed by atoms with van der Waals surface area (Å²) in [5, 5.41) is 4.99. The number of fused-ring (bicyclic) bond motifs is 1. The van der Waals surface area contributed by atoms with Crippen LogP contribution in [0.4, 0.5) is 11.6 Å². The second-order valence-corrected chi connectivity index (χ2v) is 13.6. The van der Waals surface area contributed by atoms with Crippen LogP contribution in [0.1, 0.15) is 77.8 Å². The van der Waals surface area contributed by atoms with E-state index in [-0.39, 0.29) is 16.6 Å². The smallest absolute Gasteiger partial charge is 0.271 e. The topological polar surface area (TPSA) is 63.1 Å². The molecule has 1 spiro atoms. The monoisotopic (exact) mass is 553 g/mol. The van der Waals surface area contributed by atoms with Gasteiger partial charge < -0.3 is 10.2 Å². The lowest BCUT2D eigenvalue weighted by atomic mass is 9.68. The predicted molar refractivity (Wildman–Crippen MR) is 160 cm³/mol. The SMILES string of the molecule is Cc1cc(SC2CCC3(CC2)CCN(C(C)C)CC3)ccc1Nc1ncc2cc(Cl)c(=O)n(C(C)C)c2n1. The van der Waals surface area contributed by atoms with Gasteiger partial charge in [-0.25, -0.2) is 4.98 Å². The van der Waals surface area contributed by atoms with Gasteiger partial charge in [-0.15, -0.1) is 11.8 Å². The van der Waals surface area contributed by atoms with Crippen LogP contribution in [-0.4, -0.2) is 43.8 Å². The first-order valence-corrected chi connectivity index (χ1v) is 15.3. The number of hydrogen-bond donors (Lipinski definition) is 1. The predicted octanol–water partition coefficient (Wildman–Crippen LogP) is 7.60. The molecule has 204 valence electrons. The zero-order chi connectivity index (χ0) is 27.0. The average Bonchev–Trinajstić information content (AvgIpc) is 2.88. The summed E-state index contributed by atoms with van der Waals surface area (Å²) in [4.78, 5) is 25.8. The highest BCUT2D eigenvalue weighted by Gasteiger charge is 2.38. The Bertz CT molecular complexity index is 1350. The summed E-state index contributed by atoms with van der Waals surface area (Å²) in [5.41, 5.74) is 3.08. The Kier molecular flexibility index (Phi) is 8.09. The van der Waals surface area contributed by atoms with Crippen molar-refractivity contribution < 1.29 is 0 Å². The Morgan fingerprint density at radius 3 is 2.39 bits per heavy atom. The number of anilines is 2.